The van der Waals surface area contributed by atoms with E-state index in [2.05, 4.69) is 31.8 Å². The SMILES string of the molecule is CCc1cc2[nH]ccc2cc1C(=O)N(CC)CC(C)C. The predicted octanol–water partition coefficient (Wildman–Crippen LogP) is 3.85. The first-order valence-electron chi connectivity index (χ1n) is 7.46. The predicted molar refractivity (Wildman–Crippen MR) is 84.1 cm³/mol. The molecule has 0 aliphatic heterocycles. The summed E-state index contributed by atoms with van der Waals surface area (Å²) in [6.07, 6.45) is 2.79. The number of benzene rings is 1. The lowest BCUT2D eigenvalue weighted by atomic mass is 10.0. The molecule has 1 aromatic carbocycles. The summed E-state index contributed by atoms with van der Waals surface area (Å²) in [4.78, 5) is 17.9. The van der Waals surface area contributed by atoms with Crippen LogP contribution in [0.15, 0.2) is 24.4 Å². The Balaban J connectivity index is 2.41. The third kappa shape index (κ3) is 2.87. The molecule has 0 saturated heterocycles. The van der Waals surface area contributed by atoms with Crippen LogP contribution < -0.4 is 0 Å². The Morgan fingerprint density at radius 3 is 2.65 bits per heavy atom. The normalized spacial score (nSPS) is 11.2. The summed E-state index contributed by atoms with van der Waals surface area (Å²) in [6, 6.07) is 6.14. The molecule has 0 spiro atoms. The maximum atomic E-state index is 12.8. The number of aryl methyl sites for hydroxylation is 1. The summed E-state index contributed by atoms with van der Waals surface area (Å²) in [5.74, 6) is 0.640. The van der Waals surface area contributed by atoms with Crippen molar-refractivity contribution in [3.05, 3.63) is 35.5 Å². The number of fused-ring (bicyclic) bond motifs is 1. The van der Waals surface area contributed by atoms with Crippen molar-refractivity contribution >= 4 is 16.8 Å². The van der Waals surface area contributed by atoms with E-state index in [1.807, 2.05) is 30.2 Å². The maximum absolute atomic E-state index is 12.8. The average molecular weight is 272 g/mol. The quantitative estimate of drug-likeness (QED) is 0.881. The molecule has 0 aliphatic carbocycles. The van der Waals surface area contributed by atoms with Crippen molar-refractivity contribution in [2.24, 2.45) is 5.92 Å². The van der Waals surface area contributed by atoms with Crippen LogP contribution in [0.2, 0.25) is 0 Å². The third-order valence-corrected chi connectivity index (χ3v) is 3.64. The molecule has 2 rings (SSSR count). The molecule has 3 nitrogen and oxygen atoms in total. The van der Waals surface area contributed by atoms with Gasteiger partial charge >= 0.3 is 0 Å². The Morgan fingerprint density at radius 1 is 1.30 bits per heavy atom. The molecule has 0 radical (unpaired) electrons. The van der Waals surface area contributed by atoms with Gasteiger partial charge in [0.1, 0.15) is 0 Å². The van der Waals surface area contributed by atoms with Gasteiger partial charge in [0, 0.05) is 35.8 Å². The van der Waals surface area contributed by atoms with Crippen molar-refractivity contribution < 1.29 is 4.79 Å². The minimum Gasteiger partial charge on any atom is -0.361 e. The van der Waals surface area contributed by atoms with Gasteiger partial charge in [-0.05, 0) is 43.0 Å². The lowest BCUT2D eigenvalue weighted by molar-refractivity contribution is 0.0745. The lowest BCUT2D eigenvalue weighted by Gasteiger charge is -2.24. The van der Waals surface area contributed by atoms with Crippen LogP contribution in [0.5, 0.6) is 0 Å². The van der Waals surface area contributed by atoms with E-state index in [1.165, 1.54) is 0 Å². The van der Waals surface area contributed by atoms with Crippen LogP contribution in [0.3, 0.4) is 0 Å². The zero-order chi connectivity index (χ0) is 14.7. The van der Waals surface area contributed by atoms with E-state index in [0.717, 1.165) is 41.5 Å². The minimum atomic E-state index is 0.154. The summed E-state index contributed by atoms with van der Waals surface area (Å²) < 4.78 is 0. The largest absolute Gasteiger partial charge is 0.361 e. The first-order valence-corrected chi connectivity index (χ1v) is 7.46. The van der Waals surface area contributed by atoms with Crippen LogP contribution >= 0.6 is 0 Å². The smallest absolute Gasteiger partial charge is 0.254 e. The molecule has 0 fully saturated rings. The fourth-order valence-electron chi connectivity index (χ4n) is 2.60. The summed E-state index contributed by atoms with van der Waals surface area (Å²) in [5, 5.41) is 1.10. The third-order valence-electron chi connectivity index (χ3n) is 3.64. The number of H-pyrrole nitrogens is 1. The average Bonchev–Trinajstić information content (AvgIpc) is 2.89. The second-order valence-electron chi connectivity index (χ2n) is 5.67. The fourth-order valence-corrected chi connectivity index (χ4v) is 2.60. The minimum absolute atomic E-state index is 0.154. The molecule has 0 saturated carbocycles. The monoisotopic (exact) mass is 272 g/mol. The Bertz CT molecular complexity index is 598. The molecule has 20 heavy (non-hydrogen) atoms. The molecule has 0 bridgehead atoms. The van der Waals surface area contributed by atoms with Gasteiger partial charge in [-0.15, -0.1) is 0 Å². The number of hydrogen-bond acceptors (Lipinski definition) is 1. The van der Waals surface area contributed by atoms with Gasteiger partial charge in [0.2, 0.25) is 0 Å². The van der Waals surface area contributed by atoms with Gasteiger partial charge in [0.25, 0.3) is 5.91 Å². The molecule has 108 valence electrons. The second-order valence-corrected chi connectivity index (χ2v) is 5.67. The van der Waals surface area contributed by atoms with Crippen molar-refractivity contribution in [1.29, 1.82) is 0 Å². The van der Waals surface area contributed by atoms with Crippen LogP contribution in [0.1, 0.15) is 43.6 Å². The van der Waals surface area contributed by atoms with Crippen LogP contribution in [0.4, 0.5) is 0 Å². The fraction of sp³-hybridized carbons (Fsp3) is 0.471. The first kappa shape index (κ1) is 14.6. The van der Waals surface area contributed by atoms with Gasteiger partial charge in [-0.2, -0.15) is 0 Å². The van der Waals surface area contributed by atoms with E-state index in [-0.39, 0.29) is 5.91 Å². The van der Waals surface area contributed by atoms with Gasteiger partial charge in [-0.25, -0.2) is 0 Å². The van der Waals surface area contributed by atoms with E-state index >= 15 is 0 Å². The van der Waals surface area contributed by atoms with Gasteiger partial charge in [0.05, 0.1) is 0 Å². The Labute approximate surface area is 121 Å². The van der Waals surface area contributed by atoms with Crippen molar-refractivity contribution in [3.63, 3.8) is 0 Å². The molecule has 1 heterocycles. The Kier molecular flexibility index (Phi) is 4.48. The van der Waals surface area contributed by atoms with Crippen molar-refractivity contribution in [3.8, 4) is 0 Å². The number of aromatic amines is 1. The molecule has 3 heteroatoms. The zero-order valence-corrected chi connectivity index (χ0v) is 12.9. The molecule has 0 aliphatic rings. The van der Waals surface area contributed by atoms with Crippen molar-refractivity contribution in [1.82, 2.24) is 9.88 Å². The van der Waals surface area contributed by atoms with E-state index in [9.17, 15) is 4.79 Å². The lowest BCUT2D eigenvalue weighted by Crippen LogP contribution is -2.34. The molecular formula is C17H24N2O. The topological polar surface area (TPSA) is 36.1 Å². The van der Waals surface area contributed by atoms with Gasteiger partial charge in [-0.1, -0.05) is 20.8 Å². The number of hydrogen-bond donors (Lipinski definition) is 1. The number of amides is 1. The van der Waals surface area contributed by atoms with E-state index < -0.39 is 0 Å². The highest BCUT2D eigenvalue weighted by Gasteiger charge is 2.18. The van der Waals surface area contributed by atoms with Crippen LogP contribution in [0.25, 0.3) is 10.9 Å². The molecule has 1 N–H and O–H groups in total. The zero-order valence-electron chi connectivity index (χ0n) is 12.9. The van der Waals surface area contributed by atoms with Crippen LogP contribution in [-0.4, -0.2) is 28.9 Å². The highest BCUT2D eigenvalue weighted by atomic mass is 16.2. The number of aromatic nitrogens is 1. The molecular weight excluding hydrogens is 248 g/mol. The number of carbonyl (C=O) groups excluding carboxylic acids is 1. The summed E-state index contributed by atoms with van der Waals surface area (Å²) in [7, 11) is 0. The number of nitrogens with one attached hydrogen (secondary N) is 1. The first-order chi connectivity index (χ1) is 9.56. The number of nitrogens with zero attached hydrogens (tertiary/aromatic N) is 1. The number of carbonyl (C=O) groups is 1. The van der Waals surface area contributed by atoms with Crippen LogP contribution in [-0.2, 0) is 6.42 Å². The molecule has 0 atom stereocenters. The Hall–Kier alpha value is -1.77. The van der Waals surface area contributed by atoms with Crippen molar-refractivity contribution in [2.75, 3.05) is 13.1 Å². The van der Waals surface area contributed by atoms with E-state index in [4.69, 9.17) is 0 Å². The summed E-state index contributed by atoms with van der Waals surface area (Å²) >= 11 is 0. The van der Waals surface area contributed by atoms with Crippen LogP contribution in [0, 0.1) is 5.92 Å². The molecule has 1 aromatic heterocycles. The molecule has 2 aromatic rings. The summed E-state index contributed by atoms with van der Waals surface area (Å²) in [5.41, 5.74) is 3.07. The summed E-state index contributed by atoms with van der Waals surface area (Å²) in [6.45, 7) is 9.99. The van der Waals surface area contributed by atoms with Gasteiger partial charge in [0.15, 0.2) is 0 Å². The maximum Gasteiger partial charge on any atom is 0.254 e. The highest BCUT2D eigenvalue weighted by molar-refractivity contribution is 5.99. The molecule has 0 unspecified atom stereocenters. The van der Waals surface area contributed by atoms with Crippen molar-refractivity contribution in [2.45, 2.75) is 34.1 Å². The molecule has 1 amide bonds. The van der Waals surface area contributed by atoms with E-state index in [1.54, 1.807) is 0 Å². The second kappa shape index (κ2) is 6.12. The van der Waals surface area contributed by atoms with E-state index in [0.29, 0.717) is 5.92 Å². The van der Waals surface area contributed by atoms with Gasteiger partial charge in [-0.3, -0.25) is 4.79 Å². The highest BCUT2D eigenvalue weighted by Crippen LogP contribution is 2.21. The standard InChI is InChI=1S/C17H24N2O/c1-5-13-10-16-14(7-8-18-16)9-15(13)17(20)19(6-2)11-12(3)4/h7-10,12,18H,5-6,11H2,1-4H3. The van der Waals surface area contributed by atoms with Gasteiger partial charge < -0.3 is 9.88 Å². The number of rotatable bonds is 5. The Morgan fingerprint density at radius 2 is 2.05 bits per heavy atom.